The molecule has 0 saturated carbocycles. The molecule has 0 aromatic heterocycles. The Labute approximate surface area is 109 Å². The van der Waals surface area contributed by atoms with Gasteiger partial charge < -0.3 is 11.1 Å². The molecule has 0 saturated heterocycles. The predicted molar refractivity (Wildman–Crippen MR) is 70.3 cm³/mol. The molecule has 2 rings (SSSR count). The Kier molecular flexibility index (Phi) is 3.35. The van der Waals surface area contributed by atoms with Crippen molar-refractivity contribution in [2.45, 2.75) is 0 Å². The number of nitrogens with zero attached hydrogens (tertiary/aromatic N) is 1. The second-order valence-corrected chi connectivity index (χ2v) is 4.07. The average molecular weight is 262 g/mol. The van der Waals surface area contributed by atoms with Crippen molar-refractivity contribution in [3.63, 3.8) is 0 Å². The highest BCUT2D eigenvalue weighted by atomic mass is 35.5. The van der Waals surface area contributed by atoms with E-state index in [-0.39, 0.29) is 0 Å². The van der Waals surface area contributed by atoms with Crippen LogP contribution in [0.4, 0.5) is 21.5 Å². The molecule has 0 radical (unpaired) electrons. The molecular weight excluding hydrogens is 253 g/mol. The minimum atomic E-state index is -0.406. The van der Waals surface area contributed by atoms with Crippen molar-refractivity contribution in [1.29, 1.82) is 5.26 Å². The molecule has 0 atom stereocenters. The normalized spacial score (nSPS) is 9.83. The lowest BCUT2D eigenvalue weighted by Gasteiger charge is -2.11. The van der Waals surface area contributed by atoms with Crippen LogP contribution in [-0.4, -0.2) is 0 Å². The molecule has 3 nitrogen and oxygen atoms in total. The van der Waals surface area contributed by atoms with Gasteiger partial charge in [-0.05, 0) is 36.4 Å². The van der Waals surface area contributed by atoms with Crippen LogP contribution in [0.5, 0.6) is 0 Å². The summed E-state index contributed by atoms with van der Waals surface area (Å²) in [6.07, 6.45) is 0. The Morgan fingerprint density at radius 2 is 1.94 bits per heavy atom. The fraction of sp³-hybridized carbons (Fsp3) is 0. The molecule has 2 aromatic rings. The van der Waals surface area contributed by atoms with Crippen LogP contribution in [0.2, 0.25) is 5.02 Å². The number of nitrogen functional groups attached to an aromatic ring is 1. The van der Waals surface area contributed by atoms with Crippen LogP contribution in [0.25, 0.3) is 0 Å². The second kappa shape index (κ2) is 4.94. The van der Waals surface area contributed by atoms with Crippen molar-refractivity contribution in [2.24, 2.45) is 0 Å². The van der Waals surface area contributed by atoms with Crippen LogP contribution in [-0.2, 0) is 0 Å². The van der Waals surface area contributed by atoms with Gasteiger partial charge in [-0.25, -0.2) is 4.39 Å². The number of halogens is 2. The summed E-state index contributed by atoms with van der Waals surface area (Å²) in [4.78, 5) is 0. The first-order valence-electron chi connectivity index (χ1n) is 5.12. The summed E-state index contributed by atoms with van der Waals surface area (Å²) in [5.41, 5.74) is 7.60. The Hall–Kier alpha value is -2.25. The minimum Gasteiger partial charge on any atom is -0.397 e. The van der Waals surface area contributed by atoms with E-state index in [1.165, 1.54) is 18.2 Å². The van der Waals surface area contributed by atoms with Gasteiger partial charge in [0.05, 0.1) is 33.7 Å². The smallest absolute Gasteiger partial charge is 0.125 e. The molecule has 18 heavy (non-hydrogen) atoms. The molecule has 0 bridgehead atoms. The Morgan fingerprint density at radius 1 is 1.17 bits per heavy atom. The third kappa shape index (κ3) is 2.53. The van der Waals surface area contributed by atoms with E-state index in [0.29, 0.717) is 27.6 Å². The predicted octanol–water partition coefficient (Wildman–Crippen LogP) is 3.68. The molecule has 0 heterocycles. The van der Waals surface area contributed by atoms with Gasteiger partial charge in [0.15, 0.2) is 0 Å². The first-order chi connectivity index (χ1) is 8.60. The largest absolute Gasteiger partial charge is 0.397 e. The van der Waals surface area contributed by atoms with Gasteiger partial charge in [0.1, 0.15) is 5.82 Å². The number of anilines is 3. The zero-order valence-corrected chi connectivity index (χ0v) is 10.0. The Bertz CT molecular complexity index is 635. The summed E-state index contributed by atoms with van der Waals surface area (Å²) in [7, 11) is 0. The number of hydrogen-bond donors (Lipinski definition) is 2. The molecule has 90 valence electrons. The van der Waals surface area contributed by atoms with E-state index in [1.807, 2.05) is 6.07 Å². The minimum absolute atomic E-state index is 0.373. The zero-order chi connectivity index (χ0) is 13.1. The fourth-order valence-electron chi connectivity index (χ4n) is 1.47. The van der Waals surface area contributed by atoms with Crippen LogP contribution in [0.1, 0.15) is 5.56 Å². The lowest BCUT2D eigenvalue weighted by Crippen LogP contribution is -1.98. The molecule has 0 fully saturated rings. The van der Waals surface area contributed by atoms with Crippen LogP contribution >= 0.6 is 11.6 Å². The summed E-state index contributed by atoms with van der Waals surface area (Å²) in [6.45, 7) is 0. The van der Waals surface area contributed by atoms with Gasteiger partial charge in [-0.2, -0.15) is 5.26 Å². The molecule has 0 aliphatic carbocycles. The van der Waals surface area contributed by atoms with Gasteiger partial charge in [-0.3, -0.25) is 0 Å². The van der Waals surface area contributed by atoms with Gasteiger partial charge >= 0.3 is 0 Å². The highest BCUT2D eigenvalue weighted by Crippen LogP contribution is 2.29. The maximum Gasteiger partial charge on any atom is 0.125 e. The van der Waals surface area contributed by atoms with Crippen molar-refractivity contribution in [2.75, 3.05) is 11.1 Å². The standard InChI is InChI=1S/C13H9ClFN3/c14-10-3-2-9(15)6-12(10)18-13-5-8(7-16)1-4-11(13)17/h1-6,18H,17H2. The van der Waals surface area contributed by atoms with E-state index in [1.54, 1.807) is 18.2 Å². The lowest BCUT2D eigenvalue weighted by atomic mass is 10.2. The van der Waals surface area contributed by atoms with E-state index in [4.69, 9.17) is 22.6 Å². The summed E-state index contributed by atoms with van der Waals surface area (Å²) in [6, 6.07) is 10.8. The average Bonchev–Trinajstić information content (AvgIpc) is 2.36. The van der Waals surface area contributed by atoms with Crippen molar-refractivity contribution in [3.8, 4) is 6.07 Å². The summed E-state index contributed by atoms with van der Waals surface area (Å²) in [5, 5.41) is 12.1. The highest BCUT2D eigenvalue weighted by molar-refractivity contribution is 6.33. The fourth-order valence-corrected chi connectivity index (χ4v) is 1.64. The number of benzene rings is 2. The molecule has 0 unspecified atom stereocenters. The molecule has 0 aliphatic rings. The Balaban J connectivity index is 2.39. The zero-order valence-electron chi connectivity index (χ0n) is 9.24. The topological polar surface area (TPSA) is 61.8 Å². The van der Waals surface area contributed by atoms with E-state index in [0.717, 1.165) is 0 Å². The highest BCUT2D eigenvalue weighted by Gasteiger charge is 2.06. The van der Waals surface area contributed by atoms with Gasteiger partial charge in [-0.15, -0.1) is 0 Å². The molecule has 5 heteroatoms. The molecule has 0 amide bonds. The lowest BCUT2D eigenvalue weighted by molar-refractivity contribution is 0.628. The molecule has 0 spiro atoms. The Morgan fingerprint density at radius 3 is 2.67 bits per heavy atom. The van der Waals surface area contributed by atoms with Crippen LogP contribution in [0, 0.1) is 17.1 Å². The van der Waals surface area contributed by atoms with Crippen molar-refractivity contribution < 1.29 is 4.39 Å². The van der Waals surface area contributed by atoms with E-state index in [9.17, 15) is 4.39 Å². The second-order valence-electron chi connectivity index (χ2n) is 3.66. The number of nitrogens with two attached hydrogens (primary N) is 1. The van der Waals surface area contributed by atoms with Gasteiger partial charge in [0.25, 0.3) is 0 Å². The first kappa shape index (κ1) is 12.2. The number of hydrogen-bond acceptors (Lipinski definition) is 3. The van der Waals surface area contributed by atoms with Crippen LogP contribution in [0.15, 0.2) is 36.4 Å². The molecule has 3 N–H and O–H groups in total. The maximum atomic E-state index is 13.1. The maximum absolute atomic E-state index is 13.1. The SMILES string of the molecule is N#Cc1ccc(N)c(Nc2cc(F)ccc2Cl)c1. The molecular formula is C13H9ClFN3. The van der Waals surface area contributed by atoms with Crippen molar-refractivity contribution >= 4 is 28.7 Å². The van der Waals surface area contributed by atoms with Gasteiger partial charge in [-0.1, -0.05) is 11.6 Å². The third-order valence-electron chi connectivity index (χ3n) is 2.38. The third-order valence-corrected chi connectivity index (χ3v) is 2.71. The van der Waals surface area contributed by atoms with Crippen LogP contribution < -0.4 is 11.1 Å². The number of nitriles is 1. The van der Waals surface area contributed by atoms with E-state index in [2.05, 4.69) is 5.32 Å². The first-order valence-corrected chi connectivity index (χ1v) is 5.49. The van der Waals surface area contributed by atoms with E-state index >= 15 is 0 Å². The molecule has 2 aromatic carbocycles. The monoisotopic (exact) mass is 261 g/mol. The number of nitrogens with one attached hydrogen (secondary N) is 1. The number of rotatable bonds is 2. The van der Waals surface area contributed by atoms with Crippen LogP contribution in [0.3, 0.4) is 0 Å². The van der Waals surface area contributed by atoms with Gasteiger partial charge in [0, 0.05) is 0 Å². The van der Waals surface area contributed by atoms with Gasteiger partial charge in [0.2, 0.25) is 0 Å². The van der Waals surface area contributed by atoms with E-state index < -0.39 is 5.82 Å². The summed E-state index contributed by atoms with van der Waals surface area (Å²) < 4.78 is 13.1. The van der Waals surface area contributed by atoms with Crippen molar-refractivity contribution in [3.05, 3.63) is 52.8 Å². The van der Waals surface area contributed by atoms with Crippen molar-refractivity contribution in [1.82, 2.24) is 0 Å². The summed E-state index contributed by atoms with van der Waals surface area (Å²) in [5.74, 6) is -0.406. The summed E-state index contributed by atoms with van der Waals surface area (Å²) >= 11 is 5.94. The quantitative estimate of drug-likeness (QED) is 0.811. The molecule has 0 aliphatic heterocycles.